The molecule has 1 amide bonds. The van der Waals surface area contributed by atoms with E-state index in [1.807, 2.05) is 17.5 Å². The van der Waals surface area contributed by atoms with Gasteiger partial charge in [0.15, 0.2) is 0 Å². The maximum Gasteiger partial charge on any atom is 0.241 e. The Balaban J connectivity index is 1.77. The van der Waals surface area contributed by atoms with Gasteiger partial charge in [-0.05, 0) is 48.6 Å². The molecule has 0 saturated heterocycles. The van der Waals surface area contributed by atoms with E-state index in [0.717, 1.165) is 22.2 Å². The molecule has 2 N–H and O–H groups in total. The monoisotopic (exact) mass is 428 g/mol. The van der Waals surface area contributed by atoms with Crippen molar-refractivity contribution in [3.05, 3.63) is 51.1 Å². The van der Waals surface area contributed by atoms with Crippen molar-refractivity contribution in [1.29, 1.82) is 0 Å². The summed E-state index contributed by atoms with van der Waals surface area (Å²) in [7, 11) is -3.70. The summed E-state index contributed by atoms with van der Waals surface area (Å²) in [6, 6.07) is 9.78. The van der Waals surface area contributed by atoms with Crippen LogP contribution < -0.4 is 10.0 Å². The number of sulfonamides is 1. The van der Waals surface area contributed by atoms with Crippen LogP contribution in [0, 0.1) is 0 Å². The van der Waals surface area contributed by atoms with Crippen molar-refractivity contribution in [2.45, 2.75) is 36.2 Å². The molecule has 1 saturated carbocycles. The molecule has 128 valence electrons. The van der Waals surface area contributed by atoms with E-state index in [9.17, 15) is 13.2 Å². The van der Waals surface area contributed by atoms with E-state index in [1.165, 1.54) is 23.5 Å². The van der Waals surface area contributed by atoms with Crippen molar-refractivity contribution in [1.82, 2.24) is 10.0 Å². The molecule has 1 fully saturated rings. The van der Waals surface area contributed by atoms with E-state index in [1.54, 1.807) is 12.1 Å². The smallest absolute Gasteiger partial charge is 0.241 e. The van der Waals surface area contributed by atoms with Gasteiger partial charge in [-0.15, -0.1) is 11.3 Å². The first-order chi connectivity index (χ1) is 11.4. The van der Waals surface area contributed by atoms with Gasteiger partial charge >= 0.3 is 0 Å². The van der Waals surface area contributed by atoms with Crippen LogP contribution in [0.2, 0.25) is 0 Å². The lowest BCUT2D eigenvalue weighted by Crippen LogP contribution is -2.34. The molecule has 0 bridgehead atoms. The molecule has 0 spiro atoms. The Kier molecular flexibility index (Phi) is 5.39. The summed E-state index contributed by atoms with van der Waals surface area (Å²) in [6.45, 7) is 0. The Morgan fingerprint density at radius 3 is 2.54 bits per heavy atom. The molecule has 24 heavy (non-hydrogen) atoms. The first-order valence-electron chi connectivity index (χ1n) is 7.55. The number of carbonyl (C=O) groups excluding carboxylic acids is 1. The first-order valence-corrected chi connectivity index (χ1v) is 10.7. The minimum atomic E-state index is -3.70. The average molecular weight is 429 g/mol. The normalized spacial score (nSPS) is 15.9. The van der Waals surface area contributed by atoms with Crippen LogP contribution in [-0.2, 0) is 14.8 Å². The number of hydrogen-bond acceptors (Lipinski definition) is 4. The molecule has 1 aliphatic rings. The van der Waals surface area contributed by atoms with Gasteiger partial charge in [0, 0.05) is 21.8 Å². The summed E-state index contributed by atoms with van der Waals surface area (Å²) in [5, 5.41) is 4.77. The molecule has 2 aromatic rings. The van der Waals surface area contributed by atoms with Gasteiger partial charge < -0.3 is 5.32 Å². The third-order valence-electron chi connectivity index (χ3n) is 3.64. The van der Waals surface area contributed by atoms with Gasteiger partial charge in [0.2, 0.25) is 15.9 Å². The Labute approximate surface area is 153 Å². The second-order valence-corrected chi connectivity index (χ2v) is 9.30. The van der Waals surface area contributed by atoms with E-state index < -0.39 is 16.1 Å². The summed E-state index contributed by atoms with van der Waals surface area (Å²) >= 11 is 4.72. The molecular weight excluding hydrogens is 412 g/mol. The number of rotatable bonds is 7. The largest absolute Gasteiger partial charge is 0.353 e. The molecule has 8 heteroatoms. The molecular formula is C16H17BrN2O3S2. The van der Waals surface area contributed by atoms with E-state index in [0.29, 0.717) is 0 Å². The third kappa shape index (κ3) is 4.66. The number of carbonyl (C=O) groups is 1. The van der Waals surface area contributed by atoms with Gasteiger partial charge in [0.05, 0.1) is 10.9 Å². The standard InChI is InChI=1S/C16H17BrN2O3S2/c17-11-3-7-13(8-4-11)24(21,22)19-14(15-2-1-9-23-15)10-16(20)18-12-5-6-12/h1-4,7-9,12,14,19H,5-6,10H2,(H,18,20). The molecule has 1 aliphatic carbocycles. The van der Waals surface area contributed by atoms with Gasteiger partial charge in [-0.2, -0.15) is 0 Å². The number of thiophene rings is 1. The van der Waals surface area contributed by atoms with Crippen molar-refractivity contribution < 1.29 is 13.2 Å². The lowest BCUT2D eigenvalue weighted by molar-refractivity contribution is -0.121. The van der Waals surface area contributed by atoms with Crippen molar-refractivity contribution in [2.75, 3.05) is 0 Å². The highest BCUT2D eigenvalue weighted by molar-refractivity contribution is 9.10. The predicted molar refractivity (Wildman–Crippen MR) is 97.3 cm³/mol. The van der Waals surface area contributed by atoms with Crippen molar-refractivity contribution >= 4 is 43.2 Å². The summed E-state index contributed by atoms with van der Waals surface area (Å²) in [5.41, 5.74) is 0. The maximum atomic E-state index is 12.6. The van der Waals surface area contributed by atoms with Crippen molar-refractivity contribution in [2.24, 2.45) is 0 Å². The lowest BCUT2D eigenvalue weighted by atomic mass is 10.2. The number of hydrogen-bond donors (Lipinski definition) is 2. The molecule has 1 aromatic carbocycles. The summed E-state index contributed by atoms with van der Waals surface area (Å²) < 4.78 is 28.7. The van der Waals surface area contributed by atoms with E-state index in [-0.39, 0.29) is 23.3 Å². The average Bonchev–Trinajstić information content (AvgIpc) is 3.16. The SMILES string of the molecule is O=C(CC(NS(=O)(=O)c1ccc(Br)cc1)c1cccs1)NC1CC1. The zero-order chi connectivity index (χ0) is 17.2. The summed E-state index contributed by atoms with van der Waals surface area (Å²) in [5.74, 6) is -0.130. The van der Waals surface area contributed by atoms with Gasteiger partial charge in [-0.1, -0.05) is 22.0 Å². The third-order valence-corrected chi connectivity index (χ3v) is 6.64. The Morgan fingerprint density at radius 1 is 1.25 bits per heavy atom. The Bertz CT molecular complexity index is 800. The van der Waals surface area contributed by atoms with E-state index in [2.05, 4.69) is 26.0 Å². The molecule has 0 aliphatic heterocycles. The number of amides is 1. The zero-order valence-electron chi connectivity index (χ0n) is 12.7. The first kappa shape index (κ1) is 17.6. The van der Waals surface area contributed by atoms with Crippen LogP contribution in [0.4, 0.5) is 0 Å². The topological polar surface area (TPSA) is 75.3 Å². The van der Waals surface area contributed by atoms with Crippen LogP contribution in [0.5, 0.6) is 0 Å². The molecule has 1 aromatic heterocycles. The molecule has 1 heterocycles. The highest BCUT2D eigenvalue weighted by atomic mass is 79.9. The van der Waals surface area contributed by atoms with E-state index >= 15 is 0 Å². The maximum absolute atomic E-state index is 12.6. The zero-order valence-corrected chi connectivity index (χ0v) is 16.0. The van der Waals surface area contributed by atoms with Crippen LogP contribution in [0.25, 0.3) is 0 Å². The van der Waals surface area contributed by atoms with Crippen LogP contribution in [0.1, 0.15) is 30.2 Å². The van der Waals surface area contributed by atoms with Gasteiger partial charge in [-0.25, -0.2) is 13.1 Å². The minimum Gasteiger partial charge on any atom is -0.353 e. The second kappa shape index (κ2) is 7.35. The van der Waals surface area contributed by atoms with E-state index in [4.69, 9.17) is 0 Å². The summed E-state index contributed by atoms with van der Waals surface area (Å²) in [4.78, 5) is 13.1. The van der Waals surface area contributed by atoms with Crippen molar-refractivity contribution in [3.8, 4) is 0 Å². The van der Waals surface area contributed by atoms with Gasteiger partial charge in [0.25, 0.3) is 0 Å². The number of benzene rings is 1. The van der Waals surface area contributed by atoms with Crippen LogP contribution in [-0.4, -0.2) is 20.4 Å². The molecule has 3 rings (SSSR count). The van der Waals surface area contributed by atoms with Gasteiger partial charge in [-0.3, -0.25) is 4.79 Å². The quantitative estimate of drug-likeness (QED) is 0.710. The lowest BCUT2D eigenvalue weighted by Gasteiger charge is -2.17. The highest BCUT2D eigenvalue weighted by Crippen LogP contribution is 2.26. The molecule has 0 radical (unpaired) electrons. The molecule has 1 unspecified atom stereocenters. The van der Waals surface area contributed by atoms with Crippen LogP contribution in [0.15, 0.2) is 51.1 Å². The van der Waals surface area contributed by atoms with Crippen molar-refractivity contribution in [3.63, 3.8) is 0 Å². The fraction of sp³-hybridized carbons (Fsp3) is 0.312. The highest BCUT2D eigenvalue weighted by Gasteiger charge is 2.28. The van der Waals surface area contributed by atoms with Crippen LogP contribution in [0.3, 0.4) is 0 Å². The van der Waals surface area contributed by atoms with Crippen LogP contribution >= 0.6 is 27.3 Å². The Morgan fingerprint density at radius 2 is 1.96 bits per heavy atom. The summed E-state index contributed by atoms with van der Waals surface area (Å²) in [6.07, 6.45) is 2.09. The molecule has 5 nitrogen and oxygen atoms in total. The van der Waals surface area contributed by atoms with Gasteiger partial charge in [0.1, 0.15) is 0 Å². The molecule has 1 atom stereocenters. The fourth-order valence-electron chi connectivity index (χ4n) is 2.26. The predicted octanol–water partition coefficient (Wildman–Crippen LogP) is 3.20. The second-order valence-electron chi connectivity index (χ2n) is 5.69. The minimum absolute atomic E-state index is 0.0901. The number of nitrogens with one attached hydrogen (secondary N) is 2. The Hall–Kier alpha value is -1.22. The number of halogens is 1. The fourth-order valence-corrected chi connectivity index (χ4v) is 4.59.